The molecule has 0 saturated heterocycles. The Kier molecular flexibility index (Phi) is 4.87. The van der Waals surface area contributed by atoms with E-state index in [0.29, 0.717) is 16.3 Å². The van der Waals surface area contributed by atoms with Crippen LogP contribution in [0.1, 0.15) is 10.6 Å². The molecule has 3 aromatic rings. The minimum absolute atomic E-state index is 0.126. The molecule has 0 radical (unpaired) electrons. The van der Waals surface area contributed by atoms with Gasteiger partial charge in [0, 0.05) is 14.9 Å². The highest BCUT2D eigenvalue weighted by Gasteiger charge is 2.14. The van der Waals surface area contributed by atoms with Gasteiger partial charge in [-0.05, 0) is 52.3 Å². The molecular weight excluding hydrogens is 396 g/mol. The van der Waals surface area contributed by atoms with Crippen molar-refractivity contribution in [2.75, 3.05) is 11.9 Å². The molecule has 0 bridgehead atoms. The van der Waals surface area contributed by atoms with Gasteiger partial charge in [-0.15, -0.1) is 0 Å². The lowest BCUT2D eigenvalue weighted by Crippen LogP contribution is -2.32. The predicted molar refractivity (Wildman–Crippen MR) is 96.3 cm³/mol. The summed E-state index contributed by atoms with van der Waals surface area (Å²) in [5.74, 6) is -0.681. The Morgan fingerprint density at radius 3 is 2.71 bits per heavy atom. The van der Waals surface area contributed by atoms with Crippen LogP contribution in [0, 0.1) is 0 Å². The Balaban J connectivity index is 1.62. The van der Waals surface area contributed by atoms with Crippen LogP contribution >= 0.6 is 27.5 Å². The Morgan fingerprint density at radius 1 is 1.12 bits per heavy atom. The maximum atomic E-state index is 12.1. The molecule has 0 aliphatic rings. The molecule has 2 aromatic carbocycles. The van der Waals surface area contributed by atoms with Crippen molar-refractivity contribution in [1.29, 1.82) is 0 Å². The SMILES string of the molecule is O=C(CNC(=O)c1cc2cc(Cl)ccc2o1)Nc1ccccc1Br. The highest BCUT2D eigenvalue weighted by Crippen LogP contribution is 2.23. The summed E-state index contributed by atoms with van der Waals surface area (Å²) in [7, 11) is 0. The summed E-state index contributed by atoms with van der Waals surface area (Å²) in [4.78, 5) is 24.0. The molecule has 7 heteroatoms. The number of hydrogen-bond acceptors (Lipinski definition) is 3. The van der Waals surface area contributed by atoms with E-state index in [0.717, 1.165) is 9.86 Å². The van der Waals surface area contributed by atoms with Crippen molar-refractivity contribution in [3.8, 4) is 0 Å². The first-order valence-corrected chi connectivity index (χ1v) is 8.22. The zero-order chi connectivity index (χ0) is 17.1. The van der Waals surface area contributed by atoms with Crippen molar-refractivity contribution in [2.45, 2.75) is 0 Å². The quantitative estimate of drug-likeness (QED) is 0.680. The Hall–Kier alpha value is -2.31. The fraction of sp³-hybridized carbons (Fsp3) is 0.0588. The molecule has 0 saturated carbocycles. The number of para-hydroxylation sites is 1. The van der Waals surface area contributed by atoms with Gasteiger partial charge in [0.1, 0.15) is 5.58 Å². The summed E-state index contributed by atoms with van der Waals surface area (Å²) in [6.07, 6.45) is 0. The number of carbonyl (C=O) groups excluding carboxylic acids is 2. The second-order valence-electron chi connectivity index (χ2n) is 5.00. The third-order valence-corrected chi connectivity index (χ3v) is 4.19. The number of halogens is 2. The first kappa shape index (κ1) is 16.5. The third kappa shape index (κ3) is 3.77. The number of rotatable bonds is 4. The van der Waals surface area contributed by atoms with Crippen LogP contribution in [0.5, 0.6) is 0 Å². The van der Waals surface area contributed by atoms with Crippen LogP contribution in [-0.4, -0.2) is 18.4 Å². The van der Waals surface area contributed by atoms with E-state index in [2.05, 4.69) is 26.6 Å². The second kappa shape index (κ2) is 7.07. The molecule has 0 unspecified atom stereocenters. The zero-order valence-corrected chi connectivity index (χ0v) is 14.6. The minimum atomic E-state index is -0.468. The summed E-state index contributed by atoms with van der Waals surface area (Å²) < 4.78 is 6.21. The van der Waals surface area contributed by atoms with Crippen LogP contribution in [0.2, 0.25) is 5.02 Å². The lowest BCUT2D eigenvalue weighted by molar-refractivity contribution is -0.115. The van der Waals surface area contributed by atoms with E-state index in [4.69, 9.17) is 16.0 Å². The van der Waals surface area contributed by atoms with Gasteiger partial charge in [0.05, 0.1) is 12.2 Å². The second-order valence-corrected chi connectivity index (χ2v) is 6.29. The highest BCUT2D eigenvalue weighted by molar-refractivity contribution is 9.10. The van der Waals surface area contributed by atoms with Crippen molar-refractivity contribution in [3.63, 3.8) is 0 Å². The monoisotopic (exact) mass is 406 g/mol. The smallest absolute Gasteiger partial charge is 0.287 e. The number of anilines is 1. The van der Waals surface area contributed by atoms with E-state index in [1.165, 1.54) is 0 Å². The molecule has 122 valence electrons. The van der Waals surface area contributed by atoms with Gasteiger partial charge in [0.2, 0.25) is 5.91 Å². The first-order chi connectivity index (χ1) is 11.5. The Bertz CT molecular complexity index is 923. The Morgan fingerprint density at radius 2 is 1.92 bits per heavy atom. The molecule has 24 heavy (non-hydrogen) atoms. The normalized spacial score (nSPS) is 10.6. The predicted octanol–water partition coefficient (Wildman–Crippen LogP) is 4.22. The summed E-state index contributed by atoms with van der Waals surface area (Å²) in [5, 5.41) is 6.51. The maximum absolute atomic E-state index is 12.1. The lowest BCUT2D eigenvalue weighted by atomic mass is 10.2. The summed E-state index contributed by atoms with van der Waals surface area (Å²) in [6.45, 7) is -0.169. The van der Waals surface area contributed by atoms with Crippen LogP contribution in [-0.2, 0) is 4.79 Å². The number of furan rings is 1. The highest BCUT2D eigenvalue weighted by atomic mass is 79.9. The fourth-order valence-corrected chi connectivity index (χ4v) is 2.70. The van der Waals surface area contributed by atoms with E-state index < -0.39 is 5.91 Å². The lowest BCUT2D eigenvalue weighted by Gasteiger charge is -2.07. The van der Waals surface area contributed by atoms with Gasteiger partial charge in [-0.25, -0.2) is 0 Å². The number of fused-ring (bicyclic) bond motifs is 1. The van der Waals surface area contributed by atoms with Crippen molar-refractivity contribution in [2.24, 2.45) is 0 Å². The topological polar surface area (TPSA) is 71.3 Å². The standard InChI is InChI=1S/C17H12BrClN2O3/c18-12-3-1-2-4-13(12)21-16(22)9-20-17(23)15-8-10-7-11(19)5-6-14(10)24-15/h1-8H,9H2,(H,20,23)(H,21,22). The Labute approximate surface area is 151 Å². The average Bonchev–Trinajstić information content (AvgIpc) is 2.98. The van der Waals surface area contributed by atoms with Gasteiger partial charge in [-0.1, -0.05) is 23.7 Å². The number of benzene rings is 2. The number of amides is 2. The summed E-state index contributed by atoms with van der Waals surface area (Å²) in [6, 6.07) is 13.9. The van der Waals surface area contributed by atoms with Crippen molar-refractivity contribution in [3.05, 3.63) is 63.8 Å². The molecule has 0 fully saturated rings. The van der Waals surface area contributed by atoms with E-state index in [-0.39, 0.29) is 18.2 Å². The molecule has 1 aromatic heterocycles. The molecule has 0 aliphatic heterocycles. The van der Waals surface area contributed by atoms with Crippen LogP contribution in [0.15, 0.2) is 57.4 Å². The van der Waals surface area contributed by atoms with Gasteiger partial charge >= 0.3 is 0 Å². The van der Waals surface area contributed by atoms with E-state index in [1.54, 1.807) is 36.4 Å². The first-order valence-electron chi connectivity index (χ1n) is 7.04. The van der Waals surface area contributed by atoms with E-state index in [9.17, 15) is 9.59 Å². The van der Waals surface area contributed by atoms with Crippen LogP contribution in [0.25, 0.3) is 11.0 Å². The molecule has 5 nitrogen and oxygen atoms in total. The number of carbonyl (C=O) groups is 2. The zero-order valence-electron chi connectivity index (χ0n) is 12.3. The van der Waals surface area contributed by atoms with Gasteiger partial charge in [0.15, 0.2) is 5.76 Å². The minimum Gasteiger partial charge on any atom is -0.451 e. The van der Waals surface area contributed by atoms with Crippen LogP contribution in [0.4, 0.5) is 5.69 Å². The summed E-state index contributed by atoms with van der Waals surface area (Å²) in [5.41, 5.74) is 1.19. The molecule has 0 aliphatic carbocycles. The van der Waals surface area contributed by atoms with Crippen molar-refractivity contribution in [1.82, 2.24) is 5.32 Å². The van der Waals surface area contributed by atoms with E-state index >= 15 is 0 Å². The van der Waals surface area contributed by atoms with Gasteiger partial charge in [0.25, 0.3) is 5.91 Å². The van der Waals surface area contributed by atoms with Crippen molar-refractivity contribution < 1.29 is 14.0 Å². The molecule has 2 amide bonds. The van der Waals surface area contributed by atoms with E-state index in [1.807, 2.05) is 12.1 Å². The largest absolute Gasteiger partial charge is 0.451 e. The maximum Gasteiger partial charge on any atom is 0.287 e. The van der Waals surface area contributed by atoms with Gasteiger partial charge in [-0.2, -0.15) is 0 Å². The van der Waals surface area contributed by atoms with Crippen LogP contribution in [0.3, 0.4) is 0 Å². The third-order valence-electron chi connectivity index (χ3n) is 3.26. The number of hydrogen-bond donors (Lipinski definition) is 2. The number of nitrogens with one attached hydrogen (secondary N) is 2. The molecule has 0 atom stereocenters. The van der Waals surface area contributed by atoms with Gasteiger partial charge in [-0.3, -0.25) is 9.59 Å². The molecule has 1 heterocycles. The van der Waals surface area contributed by atoms with Gasteiger partial charge < -0.3 is 15.1 Å². The molecular formula is C17H12BrClN2O3. The molecule has 0 spiro atoms. The average molecular weight is 408 g/mol. The fourth-order valence-electron chi connectivity index (χ4n) is 2.13. The van der Waals surface area contributed by atoms with Crippen molar-refractivity contribution >= 4 is 56.0 Å². The summed E-state index contributed by atoms with van der Waals surface area (Å²) >= 11 is 9.24. The molecule has 3 rings (SSSR count). The van der Waals surface area contributed by atoms with Crippen LogP contribution < -0.4 is 10.6 Å². The molecule has 2 N–H and O–H groups in total.